The number of hydrogen-bond acceptors (Lipinski definition) is 3. The fraction of sp³-hybridized carbons (Fsp3) is 0.231. The molecule has 1 heterocycles. The molecule has 1 aromatic heterocycles. The highest BCUT2D eigenvalue weighted by Crippen LogP contribution is 2.22. The van der Waals surface area contributed by atoms with Crippen LogP contribution in [0.25, 0.3) is 0 Å². The largest absolute Gasteiger partial charge is 0.407 e. The number of carbonyl (C=O) groups excluding carboxylic acids is 1. The average molecular weight is 299 g/mol. The summed E-state index contributed by atoms with van der Waals surface area (Å²) >= 11 is 11.8. The molecular weight excluding hydrogens is 287 g/mol. The van der Waals surface area contributed by atoms with Crippen LogP contribution >= 0.6 is 23.2 Å². The van der Waals surface area contributed by atoms with E-state index in [2.05, 4.69) is 5.10 Å². The Morgan fingerprint density at radius 2 is 2.11 bits per heavy atom. The third-order valence-electron chi connectivity index (χ3n) is 2.53. The molecule has 2 rings (SSSR count). The molecular formula is C13H12Cl2N2O2. The van der Waals surface area contributed by atoms with Crippen molar-refractivity contribution in [1.29, 1.82) is 0 Å². The van der Waals surface area contributed by atoms with Gasteiger partial charge in [0.05, 0.1) is 12.1 Å². The van der Waals surface area contributed by atoms with Gasteiger partial charge in [-0.05, 0) is 24.6 Å². The van der Waals surface area contributed by atoms with Gasteiger partial charge in [-0.1, -0.05) is 29.3 Å². The van der Waals surface area contributed by atoms with E-state index in [1.807, 2.05) is 6.92 Å². The van der Waals surface area contributed by atoms with Crippen LogP contribution in [0.5, 0.6) is 5.88 Å². The van der Waals surface area contributed by atoms with Gasteiger partial charge in [0.15, 0.2) is 0 Å². The quantitative estimate of drug-likeness (QED) is 0.818. The summed E-state index contributed by atoms with van der Waals surface area (Å²) in [7, 11) is 1.71. The fourth-order valence-corrected chi connectivity index (χ4v) is 2.13. The van der Waals surface area contributed by atoms with Crippen LogP contribution in [0.4, 0.5) is 0 Å². The average Bonchev–Trinajstić information content (AvgIpc) is 2.61. The molecule has 0 aliphatic heterocycles. The Hall–Kier alpha value is -1.52. The molecule has 0 radical (unpaired) electrons. The molecule has 0 bridgehead atoms. The first kappa shape index (κ1) is 13.9. The molecule has 0 spiro atoms. The number of rotatable bonds is 3. The summed E-state index contributed by atoms with van der Waals surface area (Å²) in [5, 5.41) is 5.08. The number of halogens is 2. The first-order chi connectivity index (χ1) is 8.95. The van der Waals surface area contributed by atoms with Crippen LogP contribution in [0.2, 0.25) is 10.0 Å². The van der Waals surface area contributed by atoms with E-state index in [1.165, 1.54) is 4.68 Å². The molecule has 4 nitrogen and oxygen atoms in total. The summed E-state index contributed by atoms with van der Waals surface area (Å²) in [5.41, 5.74) is 1.46. The van der Waals surface area contributed by atoms with Crippen LogP contribution in [0.1, 0.15) is 11.3 Å². The van der Waals surface area contributed by atoms with Crippen molar-refractivity contribution in [1.82, 2.24) is 9.78 Å². The van der Waals surface area contributed by atoms with Gasteiger partial charge in [0.1, 0.15) is 0 Å². The van der Waals surface area contributed by atoms with Crippen LogP contribution in [0.15, 0.2) is 24.3 Å². The molecule has 6 heteroatoms. The number of esters is 1. The zero-order valence-electron chi connectivity index (χ0n) is 10.5. The topological polar surface area (TPSA) is 44.1 Å². The number of nitrogens with zero attached hydrogens (tertiary/aromatic N) is 2. The van der Waals surface area contributed by atoms with Gasteiger partial charge in [0.25, 0.3) is 0 Å². The first-order valence-electron chi connectivity index (χ1n) is 5.61. The Morgan fingerprint density at radius 3 is 2.68 bits per heavy atom. The van der Waals surface area contributed by atoms with Gasteiger partial charge >= 0.3 is 5.97 Å². The van der Waals surface area contributed by atoms with E-state index in [-0.39, 0.29) is 6.42 Å². The van der Waals surface area contributed by atoms with E-state index in [0.717, 1.165) is 5.69 Å². The van der Waals surface area contributed by atoms with Crippen molar-refractivity contribution in [3.8, 4) is 5.88 Å². The first-order valence-corrected chi connectivity index (χ1v) is 6.36. The third kappa shape index (κ3) is 3.49. The zero-order valence-corrected chi connectivity index (χ0v) is 12.0. The molecule has 0 fully saturated rings. The summed E-state index contributed by atoms with van der Waals surface area (Å²) in [5.74, 6) is 0.0137. The summed E-state index contributed by atoms with van der Waals surface area (Å²) in [6.07, 6.45) is 0.0836. The van der Waals surface area contributed by atoms with Crippen molar-refractivity contribution >= 4 is 29.2 Å². The van der Waals surface area contributed by atoms with E-state index >= 15 is 0 Å². The van der Waals surface area contributed by atoms with Crippen LogP contribution in [-0.4, -0.2) is 15.7 Å². The molecule has 0 N–H and O–H groups in total. The highest BCUT2D eigenvalue weighted by Gasteiger charge is 2.12. The minimum Gasteiger partial charge on any atom is -0.407 e. The molecule has 100 valence electrons. The second-order valence-corrected chi connectivity index (χ2v) is 4.98. The number of ether oxygens (including phenoxy) is 1. The van der Waals surface area contributed by atoms with Crippen molar-refractivity contribution in [3.63, 3.8) is 0 Å². The van der Waals surface area contributed by atoms with Gasteiger partial charge in [-0.2, -0.15) is 5.10 Å². The van der Waals surface area contributed by atoms with Crippen molar-refractivity contribution in [2.45, 2.75) is 13.3 Å². The highest BCUT2D eigenvalue weighted by atomic mass is 35.5. The van der Waals surface area contributed by atoms with E-state index in [9.17, 15) is 4.79 Å². The lowest BCUT2D eigenvalue weighted by molar-refractivity contribution is -0.134. The monoisotopic (exact) mass is 298 g/mol. The number of carbonyl (C=O) groups is 1. The predicted octanol–water partition coefficient (Wildman–Crippen LogP) is 3.18. The molecule has 19 heavy (non-hydrogen) atoms. The van der Waals surface area contributed by atoms with Crippen molar-refractivity contribution in [2.75, 3.05) is 0 Å². The molecule has 2 aromatic rings. The molecule has 0 atom stereocenters. The Balaban J connectivity index is 2.07. The van der Waals surface area contributed by atoms with Crippen LogP contribution in [0, 0.1) is 6.92 Å². The van der Waals surface area contributed by atoms with Gasteiger partial charge in [0.2, 0.25) is 5.88 Å². The third-order valence-corrected chi connectivity index (χ3v) is 3.11. The summed E-state index contributed by atoms with van der Waals surface area (Å²) < 4.78 is 6.74. The molecule has 1 aromatic carbocycles. The number of aromatic nitrogens is 2. The summed E-state index contributed by atoms with van der Waals surface area (Å²) in [4.78, 5) is 11.8. The van der Waals surface area contributed by atoms with E-state index < -0.39 is 5.97 Å². The fourth-order valence-electron chi connectivity index (χ4n) is 1.66. The Morgan fingerprint density at radius 1 is 1.37 bits per heavy atom. The molecule has 0 saturated carbocycles. The number of hydrogen-bond donors (Lipinski definition) is 0. The van der Waals surface area contributed by atoms with Gasteiger partial charge in [0, 0.05) is 23.2 Å². The lowest BCUT2D eigenvalue weighted by Gasteiger charge is -2.06. The SMILES string of the molecule is Cc1cc(OC(=O)Cc2ccc(Cl)cc2Cl)n(C)n1. The summed E-state index contributed by atoms with van der Waals surface area (Å²) in [6.45, 7) is 1.83. The van der Waals surface area contributed by atoms with E-state index in [4.69, 9.17) is 27.9 Å². The summed E-state index contributed by atoms with van der Waals surface area (Å²) in [6, 6.07) is 6.69. The highest BCUT2D eigenvalue weighted by molar-refractivity contribution is 6.35. The van der Waals surface area contributed by atoms with Crippen LogP contribution < -0.4 is 4.74 Å². The van der Waals surface area contributed by atoms with Crippen molar-refractivity contribution in [2.24, 2.45) is 7.05 Å². The van der Waals surface area contributed by atoms with Gasteiger partial charge in [-0.15, -0.1) is 0 Å². The zero-order chi connectivity index (χ0) is 14.0. The maximum Gasteiger partial charge on any atom is 0.317 e. The van der Waals surface area contributed by atoms with Crippen molar-refractivity contribution < 1.29 is 9.53 Å². The van der Waals surface area contributed by atoms with Gasteiger partial charge < -0.3 is 4.74 Å². The van der Waals surface area contributed by atoms with Gasteiger partial charge in [-0.3, -0.25) is 4.79 Å². The smallest absolute Gasteiger partial charge is 0.317 e. The Labute approximate surface area is 120 Å². The minimum absolute atomic E-state index is 0.0836. The molecule has 0 unspecified atom stereocenters. The predicted molar refractivity (Wildman–Crippen MR) is 73.7 cm³/mol. The lowest BCUT2D eigenvalue weighted by Crippen LogP contribution is -2.13. The van der Waals surface area contributed by atoms with Crippen LogP contribution in [0.3, 0.4) is 0 Å². The molecule has 0 aliphatic carbocycles. The standard InChI is InChI=1S/C13H12Cl2N2O2/c1-8-5-12(17(2)16-8)19-13(18)6-9-3-4-10(14)7-11(9)15/h3-5,7H,6H2,1-2H3. The molecule has 0 aliphatic rings. The molecule has 0 saturated heterocycles. The number of benzene rings is 1. The minimum atomic E-state index is -0.396. The number of aryl methyl sites for hydroxylation is 2. The normalized spacial score (nSPS) is 10.5. The maximum atomic E-state index is 11.8. The van der Waals surface area contributed by atoms with E-state index in [0.29, 0.717) is 21.5 Å². The second kappa shape index (κ2) is 5.63. The van der Waals surface area contributed by atoms with E-state index in [1.54, 1.807) is 31.3 Å². The van der Waals surface area contributed by atoms with Gasteiger partial charge in [-0.25, -0.2) is 4.68 Å². The maximum absolute atomic E-state index is 11.8. The second-order valence-electron chi connectivity index (χ2n) is 4.13. The van der Waals surface area contributed by atoms with Crippen LogP contribution in [-0.2, 0) is 18.3 Å². The Kier molecular flexibility index (Phi) is 4.12. The Bertz CT molecular complexity index is 623. The lowest BCUT2D eigenvalue weighted by atomic mass is 10.1. The molecule has 0 amide bonds. The van der Waals surface area contributed by atoms with Crippen molar-refractivity contribution in [3.05, 3.63) is 45.6 Å².